The van der Waals surface area contributed by atoms with Crippen molar-refractivity contribution < 1.29 is 0 Å². The highest BCUT2D eigenvalue weighted by atomic mass is 15.4. The minimum Gasteiger partial charge on any atom is -0.363 e. The number of para-hydroxylation sites is 4. The van der Waals surface area contributed by atoms with Gasteiger partial charge in [-0.15, -0.1) is 0 Å². The monoisotopic (exact) mass is 939 g/mol. The first-order valence-corrected chi connectivity index (χ1v) is 25.5. The van der Waals surface area contributed by atoms with Crippen LogP contribution < -0.4 is 25.8 Å². The zero-order chi connectivity index (χ0) is 48.7. The molecule has 3 heterocycles. The number of nitrogens with one attached hydrogen (secondary N) is 3. The number of benzene rings is 6. The standard InChI is InChI=1S/C65H61N7/c1-5-22-52(39-45(3)53-32-19-20-33-56(53)66-48-28-14-8-15-29-48)72-63-43-61-55(41-58(63)68-65(72)47-26-12-7-13-27-47)54-40-57-62(42-60(54)69(61)4)71(64(67-57)46-24-10-6-11-25-46)51-37-35-50(36-38-51)70(49-30-16-9-17-31-49)59-34-21-18-23-44(59)2/h5-6,8-12,14-35,37,39-41,43,62,64-68H,1,7,13,36,38,42H2,2-4H3/b45-39+,52-22+. The number of rotatable bonds is 12. The van der Waals surface area contributed by atoms with Crippen LogP contribution in [0.15, 0.2) is 235 Å². The molecule has 12 rings (SSSR count). The summed E-state index contributed by atoms with van der Waals surface area (Å²) in [6.45, 7) is 8.66. The highest BCUT2D eigenvalue weighted by Gasteiger charge is 2.43. The first-order chi connectivity index (χ1) is 35.4. The maximum Gasteiger partial charge on any atom is 0.130 e. The van der Waals surface area contributed by atoms with Crippen molar-refractivity contribution in [2.45, 2.75) is 64.3 Å². The summed E-state index contributed by atoms with van der Waals surface area (Å²) in [6, 6.07) is 54.5. The molecule has 6 aromatic carbocycles. The third-order valence-electron chi connectivity index (χ3n) is 15.1. The molecule has 7 nitrogen and oxygen atoms in total. The van der Waals surface area contributed by atoms with E-state index in [-0.39, 0.29) is 18.4 Å². The molecule has 0 radical (unpaired) electrons. The quantitative estimate of drug-likeness (QED) is 0.106. The maximum atomic E-state index is 4.24. The molecule has 5 aliphatic rings. The van der Waals surface area contributed by atoms with E-state index in [1.807, 2.05) is 12.1 Å². The summed E-state index contributed by atoms with van der Waals surface area (Å²) < 4.78 is 2.47. The molecular formula is C65H61N7. The van der Waals surface area contributed by atoms with Crippen LogP contribution in [0.4, 0.5) is 34.1 Å². The summed E-state index contributed by atoms with van der Waals surface area (Å²) in [7, 11) is 2.27. The zero-order valence-corrected chi connectivity index (χ0v) is 41.4. The van der Waals surface area contributed by atoms with Crippen molar-refractivity contribution in [1.82, 2.24) is 14.8 Å². The van der Waals surface area contributed by atoms with Crippen LogP contribution >= 0.6 is 0 Å². The van der Waals surface area contributed by atoms with Gasteiger partial charge in [-0.05, 0) is 141 Å². The summed E-state index contributed by atoms with van der Waals surface area (Å²) in [6.07, 6.45) is 25.4. The van der Waals surface area contributed by atoms with Crippen LogP contribution in [0, 0.1) is 6.92 Å². The van der Waals surface area contributed by atoms with Gasteiger partial charge in [0.15, 0.2) is 0 Å². The van der Waals surface area contributed by atoms with Crippen molar-refractivity contribution in [3.63, 3.8) is 0 Å². The fourth-order valence-electron chi connectivity index (χ4n) is 11.7. The van der Waals surface area contributed by atoms with E-state index in [9.17, 15) is 0 Å². The van der Waals surface area contributed by atoms with Gasteiger partial charge in [0.05, 0.1) is 22.9 Å². The Kier molecular flexibility index (Phi) is 11.9. The van der Waals surface area contributed by atoms with Crippen LogP contribution in [0.3, 0.4) is 0 Å². The number of allylic oxidation sites excluding steroid dienone is 10. The molecule has 1 aromatic heterocycles. The predicted octanol–water partition coefficient (Wildman–Crippen LogP) is 15.5. The maximum absolute atomic E-state index is 4.24. The van der Waals surface area contributed by atoms with E-state index in [1.54, 1.807) is 0 Å². The molecule has 7 aromatic rings. The molecule has 0 spiro atoms. The Balaban J connectivity index is 0.921. The van der Waals surface area contributed by atoms with Crippen LogP contribution in [0.2, 0.25) is 0 Å². The number of anilines is 6. The van der Waals surface area contributed by atoms with Gasteiger partial charge in [-0.3, -0.25) is 0 Å². The fraction of sp³-hybridized carbons (Fsp3) is 0.169. The Morgan fingerprint density at radius 3 is 2.29 bits per heavy atom. The van der Waals surface area contributed by atoms with E-state index < -0.39 is 0 Å². The van der Waals surface area contributed by atoms with Gasteiger partial charge in [0.25, 0.3) is 0 Å². The lowest BCUT2D eigenvalue weighted by Crippen LogP contribution is -2.36. The van der Waals surface area contributed by atoms with Gasteiger partial charge in [0.2, 0.25) is 0 Å². The SMILES string of the molecule is C=C/C=C(\C=C(/C)c1ccccc1Nc1ccccc1)N1c2cc3c(cc2NC1C1=CCCC=C1)c1c(n3C)CC2C(=C1)NC(c1ccccc1)N2C1=CC=C(N(c2ccccc2)c2ccccc2C)CC1. The zero-order valence-electron chi connectivity index (χ0n) is 41.4. The van der Waals surface area contributed by atoms with E-state index in [4.69, 9.17) is 0 Å². The number of fused-ring (bicyclic) bond motifs is 5. The van der Waals surface area contributed by atoms with E-state index in [2.05, 4.69) is 257 Å². The molecule has 1 fully saturated rings. The second kappa shape index (κ2) is 19.1. The Bertz CT molecular complexity index is 3440. The number of hydrogen-bond acceptors (Lipinski definition) is 6. The van der Waals surface area contributed by atoms with Crippen molar-refractivity contribution in [3.05, 3.63) is 263 Å². The number of aromatic nitrogens is 1. The molecule has 1 saturated heterocycles. The first-order valence-electron chi connectivity index (χ1n) is 25.5. The Morgan fingerprint density at radius 1 is 0.792 bits per heavy atom. The van der Waals surface area contributed by atoms with E-state index in [0.717, 1.165) is 71.7 Å². The topological polar surface area (TPSA) is 50.7 Å². The van der Waals surface area contributed by atoms with Gasteiger partial charge in [0, 0.05) is 81.2 Å². The van der Waals surface area contributed by atoms with Crippen molar-refractivity contribution >= 4 is 56.7 Å². The average Bonchev–Trinajstić information content (AvgIpc) is 4.08. The van der Waals surface area contributed by atoms with Crippen LogP contribution in [-0.2, 0) is 13.5 Å². The molecule has 72 heavy (non-hydrogen) atoms. The summed E-state index contributed by atoms with van der Waals surface area (Å²) >= 11 is 0. The van der Waals surface area contributed by atoms with Crippen molar-refractivity contribution in [2.75, 3.05) is 20.4 Å². The van der Waals surface area contributed by atoms with Gasteiger partial charge in [-0.1, -0.05) is 134 Å². The highest BCUT2D eigenvalue weighted by Crippen LogP contribution is 2.49. The van der Waals surface area contributed by atoms with Crippen molar-refractivity contribution in [2.24, 2.45) is 7.05 Å². The van der Waals surface area contributed by atoms with Crippen LogP contribution in [-0.4, -0.2) is 21.7 Å². The fourth-order valence-corrected chi connectivity index (χ4v) is 11.7. The lowest BCUT2D eigenvalue weighted by Gasteiger charge is -2.37. The minimum atomic E-state index is -0.0913. The second-order valence-electron chi connectivity index (χ2n) is 19.6. The van der Waals surface area contributed by atoms with Crippen LogP contribution in [0.5, 0.6) is 0 Å². The third kappa shape index (κ3) is 8.14. The normalized spacial score (nSPS) is 19.3. The summed E-state index contributed by atoms with van der Waals surface area (Å²) in [5.74, 6) is 0. The number of aryl methyl sites for hydroxylation is 2. The smallest absolute Gasteiger partial charge is 0.130 e. The predicted molar refractivity (Wildman–Crippen MR) is 302 cm³/mol. The number of hydrogen-bond donors (Lipinski definition) is 3. The minimum absolute atomic E-state index is 0.00976. The summed E-state index contributed by atoms with van der Waals surface area (Å²) in [5, 5.41) is 13.1. The average molecular weight is 940 g/mol. The Hall–Kier alpha value is -8.42. The lowest BCUT2D eigenvalue weighted by atomic mass is 9.94. The van der Waals surface area contributed by atoms with Gasteiger partial charge in [0.1, 0.15) is 12.3 Å². The molecule has 3 aliphatic carbocycles. The van der Waals surface area contributed by atoms with Crippen LogP contribution in [0.25, 0.3) is 22.6 Å². The summed E-state index contributed by atoms with van der Waals surface area (Å²) in [4.78, 5) is 7.61. The lowest BCUT2D eigenvalue weighted by molar-refractivity contribution is 0.238. The van der Waals surface area contributed by atoms with Crippen LogP contribution in [0.1, 0.15) is 66.7 Å². The van der Waals surface area contributed by atoms with Gasteiger partial charge in [-0.2, -0.15) is 0 Å². The van der Waals surface area contributed by atoms with Gasteiger partial charge < -0.3 is 35.2 Å². The molecule has 0 bridgehead atoms. The Labute approximate surface area is 424 Å². The molecular weight excluding hydrogens is 879 g/mol. The molecule has 3 N–H and O–H groups in total. The molecule has 3 atom stereocenters. The molecule has 3 unspecified atom stereocenters. The highest BCUT2D eigenvalue weighted by molar-refractivity contribution is 6.01. The molecule has 0 saturated carbocycles. The van der Waals surface area contributed by atoms with E-state index in [0.29, 0.717) is 0 Å². The number of nitrogens with zero attached hydrogens (tertiary/aromatic N) is 4. The molecule has 356 valence electrons. The van der Waals surface area contributed by atoms with E-state index in [1.165, 1.54) is 67.3 Å². The summed E-state index contributed by atoms with van der Waals surface area (Å²) in [5.41, 5.74) is 21.8. The molecule has 7 heteroatoms. The van der Waals surface area contributed by atoms with E-state index >= 15 is 0 Å². The van der Waals surface area contributed by atoms with Gasteiger partial charge >= 0.3 is 0 Å². The van der Waals surface area contributed by atoms with Crippen molar-refractivity contribution in [1.29, 1.82) is 0 Å². The second-order valence-corrected chi connectivity index (χ2v) is 19.6. The Morgan fingerprint density at radius 2 is 1.54 bits per heavy atom. The third-order valence-corrected chi connectivity index (χ3v) is 15.1. The largest absolute Gasteiger partial charge is 0.363 e. The molecule has 2 aliphatic heterocycles. The van der Waals surface area contributed by atoms with Gasteiger partial charge in [-0.25, -0.2) is 0 Å². The first kappa shape index (κ1) is 44.8. The van der Waals surface area contributed by atoms with Crippen molar-refractivity contribution in [3.8, 4) is 0 Å². The molecule has 0 amide bonds.